The van der Waals surface area contributed by atoms with E-state index in [1.807, 2.05) is 42.5 Å². The number of benzene rings is 3. The first-order chi connectivity index (χ1) is 11.8. The summed E-state index contributed by atoms with van der Waals surface area (Å²) in [4.78, 5) is 10.6. The quantitative estimate of drug-likeness (QED) is 0.484. The van der Waals surface area contributed by atoms with Crippen molar-refractivity contribution in [3.05, 3.63) is 109 Å². The maximum absolute atomic E-state index is 10.6. The number of esters is 1. The smallest absolute Gasteiger partial charge is 0.330 e. The molecule has 120 valence electrons. The number of carbonyl (C=O) groups is 1. The van der Waals surface area contributed by atoms with Gasteiger partial charge in [0, 0.05) is 6.08 Å². The fourth-order valence-corrected chi connectivity index (χ4v) is 2.05. The highest BCUT2D eigenvalue weighted by molar-refractivity contribution is 5.81. The summed E-state index contributed by atoms with van der Waals surface area (Å²) in [5.41, 5.74) is 3.53. The number of hydrogen-bond donors (Lipinski definition) is 0. The Morgan fingerprint density at radius 2 is 1.17 bits per heavy atom. The van der Waals surface area contributed by atoms with Crippen LogP contribution in [0.4, 0.5) is 0 Å². The molecule has 0 aliphatic carbocycles. The Labute approximate surface area is 143 Å². The van der Waals surface area contributed by atoms with E-state index in [9.17, 15) is 4.79 Å². The number of ether oxygens (including phenoxy) is 1. The third kappa shape index (κ3) is 5.93. The Hall–Kier alpha value is -3.13. The number of hydrogen-bond acceptors (Lipinski definition) is 2. The average Bonchev–Trinajstić information content (AvgIpc) is 2.69. The van der Waals surface area contributed by atoms with Crippen LogP contribution in [0.1, 0.15) is 5.56 Å². The monoisotopic (exact) mass is 316 g/mol. The van der Waals surface area contributed by atoms with E-state index in [0.717, 1.165) is 11.6 Å². The zero-order valence-corrected chi connectivity index (χ0v) is 13.5. The fraction of sp³-hybridized carbons (Fsp3) is 0.0455. The van der Waals surface area contributed by atoms with Crippen LogP contribution in [0.25, 0.3) is 11.1 Å². The van der Waals surface area contributed by atoms with E-state index in [4.69, 9.17) is 4.74 Å². The van der Waals surface area contributed by atoms with Gasteiger partial charge in [-0.25, -0.2) is 4.79 Å². The Bertz CT molecular complexity index is 697. The van der Waals surface area contributed by atoms with Gasteiger partial charge in [-0.05, 0) is 16.7 Å². The second-order valence-electron chi connectivity index (χ2n) is 5.03. The molecule has 3 aromatic rings. The third-order valence-electron chi connectivity index (χ3n) is 3.27. The summed E-state index contributed by atoms with van der Waals surface area (Å²) < 4.78 is 4.82. The van der Waals surface area contributed by atoms with E-state index >= 15 is 0 Å². The van der Waals surface area contributed by atoms with E-state index in [1.165, 1.54) is 11.1 Å². The first-order valence-electron chi connectivity index (χ1n) is 7.73. The van der Waals surface area contributed by atoms with Crippen molar-refractivity contribution in [3.8, 4) is 11.1 Å². The van der Waals surface area contributed by atoms with Crippen LogP contribution in [0, 0.1) is 0 Å². The van der Waals surface area contributed by atoms with Crippen LogP contribution in [-0.4, -0.2) is 5.97 Å². The molecule has 0 aliphatic rings. The molecule has 0 radical (unpaired) electrons. The van der Waals surface area contributed by atoms with E-state index in [1.54, 1.807) is 0 Å². The Morgan fingerprint density at radius 3 is 1.58 bits per heavy atom. The Balaban J connectivity index is 0.000000174. The summed E-state index contributed by atoms with van der Waals surface area (Å²) >= 11 is 0. The molecule has 2 heteroatoms. The molecular formula is C22H20O2. The molecule has 0 aromatic heterocycles. The summed E-state index contributed by atoms with van der Waals surface area (Å²) in [6.45, 7) is 3.61. The van der Waals surface area contributed by atoms with Gasteiger partial charge < -0.3 is 4.74 Å². The largest absolute Gasteiger partial charge is 0.458 e. The number of carbonyl (C=O) groups excluding carboxylic acids is 1. The van der Waals surface area contributed by atoms with Gasteiger partial charge in [0.15, 0.2) is 0 Å². The lowest BCUT2D eigenvalue weighted by Crippen LogP contribution is -1.99. The summed E-state index contributed by atoms with van der Waals surface area (Å²) in [6.07, 6.45) is 1.16. The van der Waals surface area contributed by atoms with Crippen molar-refractivity contribution in [3.63, 3.8) is 0 Å². The van der Waals surface area contributed by atoms with Crippen molar-refractivity contribution in [2.24, 2.45) is 0 Å². The van der Waals surface area contributed by atoms with Crippen LogP contribution in [0.15, 0.2) is 104 Å². The molecule has 0 unspecified atom stereocenters. The zero-order valence-electron chi connectivity index (χ0n) is 13.5. The molecule has 0 spiro atoms. The van der Waals surface area contributed by atoms with Gasteiger partial charge in [0.2, 0.25) is 0 Å². The highest BCUT2D eigenvalue weighted by Crippen LogP contribution is 2.17. The second kappa shape index (κ2) is 9.80. The molecule has 24 heavy (non-hydrogen) atoms. The van der Waals surface area contributed by atoms with Crippen molar-refractivity contribution >= 4 is 5.97 Å². The van der Waals surface area contributed by atoms with Gasteiger partial charge in [0.05, 0.1) is 0 Å². The van der Waals surface area contributed by atoms with E-state index in [0.29, 0.717) is 6.61 Å². The summed E-state index contributed by atoms with van der Waals surface area (Å²) in [7, 11) is 0. The molecule has 0 N–H and O–H groups in total. The zero-order chi connectivity index (χ0) is 17.0. The molecule has 0 saturated heterocycles. The Morgan fingerprint density at radius 1 is 0.750 bits per heavy atom. The van der Waals surface area contributed by atoms with Crippen LogP contribution in [-0.2, 0) is 16.1 Å². The molecule has 0 amide bonds. The molecule has 2 nitrogen and oxygen atoms in total. The maximum Gasteiger partial charge on any atom is 0.330 e. The van der Waals surface area contributed by atoms with Crippen molar-refractivity contribution in [1.82, 2.24) is 0 Å². The lowest BCUT2D eigenvalue weighted by molar-refractivity contribution is -0.138. The molecule has 3 aromatic carbocycles. The lowest BCUT2D eigenvalue weighted by Gasteiger charge is -2.00. The predicted molar refractivity (Wildman–Crippen MR) is 98.3 cm³/mol. The van der Waals surface area contributed by atoms with Crippen LogP contribution in [0.5, 0.6) is 0 Å². The highest BCUT2D eigenvalue weighted by atomic mass is 16.5. The van der Waals surface area contributed by atoms with Crippen molar-refractivity contribution < 1.29 is 9.53 Å². The lowest BCUT2D eigenvalue weighted by atomic mass is 10.1. The fourth-order valence-electron chi connectivity index (χ4n) is 2.05. The minimum absolute atomic E-state index is 0.311. The average molecular weight is 316 g/mol. The maximum atomic E-state index is 10.6. The molecule has 0 saturated carbocycles. The molecule has 0 bridgehead atoms. The molecule has 0 heterocycles. The highest BCUT2D eigenvalue weighted by Gasteiger charge is 1.95. The van der Waals surface area contributed by atoms with E-state index in [-0.39, 0.29) is 5.97 Å². The van der Waals surface area contributed by atoms with Crippen LogP contribution in [0.3, 0.4) is 0 Å². The molecule has 0 fully saturated rings. The summed E-state index contributed by atoms with van der Waals surface area (Å²) in [6, 6.07) is 30.3. The predicted octanol–water partition coefficient (Wildman–Crippen LogP) is 5.27. The molecule has 0 atom stereocenters. The normalized spacial score (nSPS) is 9.33. The van der Waals surface area contributed by atoms with Gasteiger partial charge in [0.1, 0.15) is 6.61 Å². The van der Waals surface area contributed by atoms with Crippen molar-refractivity contribution in [2.75, 3.05) is 0 Å². The van der Waals surface area contributed by atoms with Gasteiger partial charge in [-0.15, -0.1) is 0 Å². The third-order valence-corrected chi connectivity index (χ3v) is 3.27. The second-order valence-corrected chi connectivity index (χ2v) is 5.03. The SMILES string of the molecule is C=CC(=O)OCc1ccccc1.c1ccc(-c2ccccc2)cc1. The van der Waals surface area contributed by atoms with Gasteiger partial charge in [-0.1, -0.05) is 97.6 Å². The number of rotatable bonds is 4. The summed E-state index contributed by atoms with van der Waals surface area (Å²) in [5.74, 6) is -0.390. The van der Waals surface area contributed by atoms with Crippen LogP contribution in [0.2, 0.25) is 0 Å². The van der Waals surface area contributed by atoms with Crippen molar-refractivity contribution in [1.29, 1.82) is 0 Å². The standard InChI is InChI=1S/C12H10.C10H10O2/c1-3-7-11(8-4-1)12-9-5-2-6-10-12;1-2-10(11)12-8-9-6-4-3-5-7-9/h1-10H;2-7H,1,8H2. The van der Waals surface area contributed by atoms with Gasteiger partial charge in [-0.2, -0.15) is 0 Å². The minimum Gasteiger partial charge on any atom is -0.458 e. The van der Waals surface area contributed by atoms with Gasteiger partial charge >= 0.3 is 5.97 Å². The van der Waals surface area contributed by atoms with Crippen LogP contribution < -0.4 is 0 Å². The topological polar surface area (TPSA) is 26.3 Å². The van der Waals surface area contributed by atoms with E-state index < -0.39 is 0 Å². The molecule has 3 rings (SSSR count). The first-order valence-corrected chi connectivity index (χ1v) is 7.73. The van der Waals surface area contributed by atoms with Crippen molar-refractivity contribution in [2.45, 2.75) is 6.61 Å². The van der Waals surface area contributed by atoms with Gasteiger partial charge in [-0.3, -0.25) is 0 Å². The summed E-state index contributed by atoms with van der Waals surface area (Å²) in [5, 5.41) is 0. The molecule has 0 aliphatic heterocycles. The minimum atomic E-state index is -0.390. The first kappa shape index (κ1) is 17.2. The van der Waals surface area contributed by atoms with E-state index in [2.05, 4.69) is 55.1 Å². The van der Waals surface area contributed by atoms with Crippen LogP contribution >= 0.6 is 0 Å². The Kier molecular flexibility index (Phi) is 7.03. The van der Waals surface area contributed by atoms with Gasteiger partial charge in [0.25, 0.3) is 0 Å². The molecular weight excluding hydrogens is 296 g/mol.